The Labute approximate surface area is 143 Å². The Hall–Kier alpha value is -2.17. The van der Waals surface area contributed by atoms with Gasteiger partial charge in [-0.2, -0.15) is 0 Å². The van der Waals surface area contributed by atoms with E-state index in [1.54, 1.807) is 0 Å². The zero-order chi connectivity index (χ0) is 17.1. The van der Waals surface area contributed by atoms with Crippen LogP contribution in [0.4, 0.5) is 5.69 Å². The van der Waals surface area contributed by atoms with Gasteiger partial charge in [0, 0.05) is 12.2 Å². The Kier molecular flexibility index (Phi) is 4.97. The Morgan fingerprint density at radius 2 is 2.04 bits per heavy atom. The molecule has 0 fully saturated rings. The van der Waals surface area contributed by atoms with E-state index in [9.17, 15) is 9.90 Å². The molecule has 1 unspecified atom stereocenters. The van der Waals surface area contributed by atoms with Gasteiger partial charge in [0.15, 0.2) is 0 Å². The summed E-state index contributed by atoms with van der Waals surface area (Å²) in [7, 11) is 0. The SMILES string of the molecule is Cc1ccc(C)c(NC(=O)CN2CCc3ccccc3C2CO)c1. The number of hydrogen-bond acceptors (Lipinski definition) is 3. The predicted molar refractivity (Wildman–Crippen MR) is 96.1 cm³/mol. The van der Waals surface area contributed by atoms with E-state index in [0.717, 1.165) is 35.3 Å². The first kappa shape index (κ1) is 16.7. The summed E-state index contributed by atoms with van der Waals surface area (Å²) in [6.45, 7) is 5.09. The van der Waals surface area contributed by atoms with Crippen molar-refractivity contribution in [1.82, 2.24) is 4.90 Å². The highest BCUT2D eigenvalue weighted by molar-refractivity contribution is 5.93. The average molecular weight is 324 g/mol. The minimum Gasteiger partial charge on any atom is -0.394 e. The predicted octanol–water partition coefficient (Wildman–Crippen LogP) is 2.83. The van der Waals surface area contributed by atoms with Crippen LogP contribution in [0.3, 0.4) is 0 Å². The van der Waals surface area contributed by atoms with Crippen molar-refractivity contribution in [1.29, 1.82) is 0 Å². The molecule has 1 aliphatic heterocycles. The van der Waals surface area contributed by atoms with E-state index in [-0.39, 0.29) is 25.1 Å². The highest BCUT2D eigenvalue weighted by atomic mass is 16.3. The fourth-order valence-electron chi connectivity index (χ4n) is 3.35. The molecule has 0 aromatic heterocycles. The fourth-order valence-corrected chi connectivity index (χ4v) is 3.35. The average Bonchev–Trinajstić information content (AvgIpc) is 2.58. The summed E-state index contributed by atoms with van der Waals surface area (Å²) < 4.78 is 0. The maximum atomic E-state index is 12.5. The zero-order valence-corrected chi connectivity index (χ0v) is 14.2. The monoisotopic (exact) mass is 324 g/mol. The van der Waals surface area contributed by atoms with Gasteiger partial charge in [-0.05, 0) is 48.6 Å². The second kappa shape index (κ2) is 7.16. The topological polar surface area (TPSA) is 52.6 Å². The van der Waals surface area contributed by atoms with Crippen LogP contribution in [0.1, 0.15) is 28.3 Å². The van der Waals surface area contributed by atoms with Crippen molar-refractivity contribution in [2.45, 2.75) is 26.3 Å². The lowest BCUT2D eigenvalue weighted by atomic mass is 9.93. The van der Waals surface area contributed by atoms with E-state index >= 15 is 0 Å². The molecule has 2 N–H and O–H groups in total. The Morgan fingerprint density at radius 3 is 2.83 bits per heavy atom. The first-order valence-corrected chi connectivity index (χ1v) is 8.38. The number of carbonyl (C=O) groups excluding carboxylic acids is 1. The third-order valence-corrected chi connectivity index (χ3v) is 4.71. The number of amides is 1. The molecule has 0 spiro atoms. The lowest BCUT2D eigenvalue weighted by Crippen LogP contribution is -2.42. The Balaban J connectivity index is 1.71. The lowest BCUT2D eigenvalue weighted by Gasteiger charge is -2.35. The second-order valence-electron chi connectivity index (χ2n) is 6.48. The maximum absolute atomic E-state index is 12.5. The molecular weight excluding hydrogens is 300 g/mol. The van der Waals surface area contributed by atoms with Gasteiger partial charge in [-0.25, -0.2) is 0 Å². The van der Waals surface area contributed by atoms with Crippen LogP contribution in [0.15, 0.2) is 42.5 Å². The number of hydrogen-bond donors (Lipinski definition) is 2. The molecule has 1 atom stereocenters. The van der Waals surface area contributed by atoms with E-state index in [4.69, 9.17) is 0 Å². The molecule has 0 radical (unpaired) electrons. The number of anilines is 1. The summed E-state index contributed by atoms with van der Waals surface area (Å²) in [5, 5.41) is 12.8. The third-order valence-electron chi connectivity index (χ3n) is 4.71. The number of rotatable bonds is 4. The number of nitrogens with zero attached hydrogens (tertiary/aromatic N) is 1. The first-order chi connectivity index (χ1) is 11.6. The van der Waals surface area contributed by atoms with Gasteiger partial charge in [0.25, 0.3) is 0 Å². The van der Waals surface area contributed by atoms with Gasteiger partial charge >= 0.3 is 0 Å². The van der Waals surface area contributed by atoms with Gasteiger partial charge in [0.05, 0.1) is 19.2 Å². The highest BCUT2D eigenvalue weighted by Gasteiger charge is 2.27. The van der Waals surface area contributed by atoms with Crippen LogP contribution in [0, 0.1) is 13.8 Å². The van der Waals surface area contributed by atoms with E-state index in [0.29, 0.717) is 0 Å². The lowest BCUT2D eigenvalue weighted by molar-refractivity contribution is -0.118. The van der Waals surface area contributed by atoms with Crippen LogP contribution in [0.25, 0.3) is 0 Å². The standard InChI is InChI=1S/C20H24N2O2/c1-14-7-8-15(2)18(11-14)21-20(24)12-22-10-9-16-5-3-4-6-17(16)19(22)13-23/h3-8,11,19,23H,9-10,12-13H2,1-2H3,(H,21,24). The van der Waals surface area contributed by atoms with Gasteiger partial charge in [-0.1, -0.05) is 36.4 Å². The molecule has 1 amide bonds. The minimum atomic E-state index is -0.112. The molecule has 2 aromatic carbocycles. The van der Waals surface area contributed by atoms with E-state index in [1.807, 2.05) is 50.2 Å². The maximum Gasteiger partial charge on any atom is 0.238 e. The summed E-state index contributed by atoms with van der Waals surface area (Å²) in [4.78, 5) is 14.5. The molecule has 4 heteroatoms. The fraction of sp³-hybridized carbons (Fsp3) is 0.350. The Morgan fingerprint density at radius 1 is 1.25 bits per heavy atom. The van der Waals surface area contributed by atoms with Crippen molar-refractivity contribution in [2.75, 3.05) is 25.0 Å². The molecule has 24 heavy (non-hydrogen) atoms. The van der Waals surface area contributed by atoms with Crippen LogP contribution in [-0.4, -0.2) is 35.6 Å². The molecule has 3 rings (SSSR count). The minimum absolute atomic E-state index is 0.0216. The van der Waals surface area contributed by atoms with Crippen LogP contribution < -0.4 is 5.32 Å². The van der Waals surface area contributed by atoms with Gasteiger partial charge in [0.1, 0.15) is 0 Å². The third kappa shape index (κ3) is 3.50. The number of carbonyl (C=O) groups is 1. The second-order valence-corrected chi connectivity index (χ2v) is 6.48. The number of benzene rings is 2. The van der Waals surface area contributed by atoms with Crippen molar-refractivity contribution < 1.29 is 9.90 Å². The molecule has 0 saturated heterocycles. The summed E-state index contributed by atoms with van der Waals surface area (Å²) in [5.41, 5.74) is 5.43. The van der Waals surface area contributed by atoms with E-state index in [2.05, 4.69) is 16.3 Å². The smallest absolute Gasteiger partial charge is 0.238 e. The zero-order valence-electron chi connectivity index (χ0n) is 14.2. The van der Waals surface area contributed by atoms with Crippen molar-refractivity contribution in [3.8, 4) is 0 Å². The van der Waals surface area contributed by atoms with Gasteiger partial charge in [-0.15, -0.1) is 0 Å². The summed E-state index contributed by atoms with van der Waals surface area (Å²) >= 11 is 0. The number of fused-ring (bicyclic) bond motifs is 1. The number of nitrogens with one attached hydrogen (secondary N) is 1. The molecule has 126 valence electrons. The number of aliphatic hydroxyl groups excluding tert-OH is 1. The van der Waals surface area contributed by atoms with Gasteiger partial charge < -0.3 is 10.4 Å². The first-order valence-electron chi connectivity index (χ1n) is 8.38. The highest BCUT2D eigenvalue weighted by Crippen LogP contribution is 2.29. The van der Waals surface area contributed by atoms with Crippen LogP contribution in [0.2, 0.25) is 0 Å². The molecule has 2 aromatic rings. The number of aryl methyl sites for hydroxylation is 2. The van der Waals surface area contributed by atoms with Crippen molar-refractivity contribution in [2.24, 2.45) is 0 Å². The van der Waals surface area contributed by atoms with Crippen molar-refractivity contribution in [3.05, 3.63) is 64.7 Å². The van der Waals surface area contributed by atoms with Crippen molar-refractivity contribution >= 4 is 11.6 Å². The molecule has 0 bridgehead atoms. The summed E-state index contributed by atoms with van der Waals surface area (Å²) in [6, 6.07) is 14.1. The van der Waals surface area contributed by atoms with Crippen LogP contribution >= 0.6 is 0 Å². The molecule has 4 nitrogen and oxygen atoms in total. The van der Waals surface area contributed by atoms with Crippen LogP contribution in [-0.2, 0) is 11.2 Å². The molecule has 0 saturated carbocycles. The summed E-state index contributed by atoms with van der Waals surface area (Å²) in [5.74, 6) is -0.0402. The molecule has 1 aliphatic rings. The van der Waals surface area contributed by atoms with Crippen LogP contribution in [0.5, 0.6) is 0 Å². The van der Waals surface area contributed by atoms with Crippen molar-refractivity contribution in [3.63, 3.8) is 0 Å². The molecule has 1 heterocycles. The summed E-state index contributed by atoms with van der Waals surface area (Å²) in [6.07, 6.45) is 0.906. The largest absolute Gasteiger partial charge is 0.394 e. The molecular formula is C20H24N2O2. The van der Waals surface area contributed by atoms with Gasteiger partial charge in [0.2, 0.25) is 5.91 Å². The van der Waals surface area contributed by atoms with E-state index in [1.165, 1.54) is 5.56 Å². The Bertz CT molecular complexity index is 742. The molecule has 0 aliphatic carbocycles. The quantitative estimate of drug-likeness (QED) is 0.909. The number of aliphatic hydroxyl groups is 1. The van der Waals surface area contributed by atoms with Gasteiger partial charge in [-0.3, -0.25) is 9.69 Å². The van der Waals surface area contributed by atoms with E-state index < -0.39 is 0 Å². The normalized spacial score (nSPS) is 17.4.